The maximum absolute atomic E-state index is 9.30. The summed E-state index contributed by atoms with van der Waals surface area (Å²) in [5.74, 6) is 0. The molecule has 24 heavy (non-hydrogen) atoms. The summed E-state index contributed by atoms with van der Waals surface area (Å²) in [5, 5.41) is 10.3. The number of ether oxygens (including phenoxy) is 2. The number of nitrogens with zero attached hydrogens (tertiary/aromatic N) is 3. The highest BCUT2D eigenvalue weighted by atomic mass is 16.5. The van der Waals surface area contributed by atoms with Gasteiger partial charge in [-0.2, -0.15) is 5.26 Å². The number of anilines is 1. The van der Waals surface area contributed by atoms with Crippen LogP contribution in [0.5, 0.6) is 0 Å². The summed E-state index contributed by atoms with van der Waals surface area (Å²) in [7, 11) is 0. The Bertz CT molecular complexity index is 754. The van der Waals surface area contributed by atoms with Crippen LogP contribution in [0.2, 0.25) is 0 Å². The lowest BCUT2D eigenvalue weighted by atomic mass is 10.1. The standard InChI is InChI=1S/C19H23N3O2/c1-13(2)23-12-16-11-22(10-14(3)24-16)18-7-6-15(9-20)19-17(18)5-4-8-21-19/h4-8,13-14,16H,10-12H2,1-3H3/t14-,16-/m1/s1. The van der Waals surface area contributed by atoms with Crippen LogP contribution in [0.25, 0.3) is 10.9 Å². The Balaban J connectivity index is 1.90. The van der Waals surface area contributed by atoms with Gasteiger partial charge in [0.05, 0.1) is 36.0 Å². The predicted octanol–water partition coefficient (Wildman–Crippen LogP) is 3.13. The van der Waals surface area contributed by atoms with Crippen LogP contribution in [0.15, 0.2) is 30.5 Å². The van der Waals surface area contributed by atoms with E-state index in [0.717, 1.165) is 29.7 Å². The van der Waals surface area contributed by atoms with Gasteiger partial charge in [-0.1, -0.05) is 0 Å². The molecule has 1 aromatic carbocycles. The van der Waals surface area contributed by atoms with E-state index in [1.807, 2.05) is 38.1 Å². The largest absolute Gasteiger partial charge is 0.376 e. The van der Waals surface area contributed by atoms with Gasteiger partial charge >= 0.3 is 0 Å². The summed E-state index contributed by atoms with van der Waals surface area (Å²) in [4.78, 5) is 6.71. The molecule has 1 saturated heterocycles. The Morgan fingerprint density at radius 1 is 1.38 bits per heavy atom. The van der Waals surface area contributed by atoms with E-state index in [9.17, 15) is 5.26 Å². The molecule has 1 aliphatic rings. The third kappa shape index (κ3) is 3.50. The molecule has 1 aromatic heterocycles. The number of pyridine rings is 1. The molecule has 3 rings (SSSR count). The molecule has 0 bridgehead atoms. The molecular formula is C19H23N3O2. The van der Waals surface area contributed by atoms with Crippen LogP contribution in [0, 0.1) is 11.3 Å². The van der Waals surface area contributed by atoms with Crippen LogP contribution in [0.3, 0.4) is 0 Å². The van der Waals surface area contributed by atoms with E-state index in [0.29, 0.717) is 12.2 Å². The first-order valence-electron chi connectivity index (χ1n) is 8.38. The van der Waals surface area contributed by atoms with Crippen molar-refractivity contribution in [3.8, 4) is 6.07 Å². The first-order chi connectivity index (χ1) is 11.6. The van der Waals surface area contributed by atoms with Crippen LogP contribution in [-0.4, -0.2) is 43.0 Å². The van der Waals surface area contributed by atoms with E-state index in [2.05, 4.69) is 22.9 Å². The lowest BCUT2D eigenvalue weighted by Crippen LogP contribution is -2.48. The van der Waals surface area contributed by atoms with Crippen molar-refractivity contribution in [2.24, 2.45) is 0 Å². The summed E-state index contributed by atoms with van der Waals surface area (Å²) < 4.78 is 11.7. The van der Waals surface area contributed by atoms with Crippen molar-refractivity contribution < 1.29 is 9.47 Å². The minimum Gasteiger partial charge on any atom is -0.376 e. The smallest absolute Gasteiger partial charge is 0.101 e. The quantitative estimate of drug-likeness (QED) is 0.864. The first kappa shape index (κ1) is 16.7. The summed E-state index contributed by atoms with van der Waals surface area (Å²) in [6.45, 7) is 8.32. The first-order valence-corrected chi connectivity index (χ1v) is 8.38. The fraction of sp³-hybridized carbons (Fsp3) is 0.474. The Morgan fingerprint density at radius 3 is 2.96 bits per heavy atom. The van der Waals surface area contributed by atoms with Gasteiger partial charge < -0.3 is 14.4 Å². The van der Waals surface area contributed by atoms with Crippen LogP contribution in [0.4, 0.5) is 5.69 Å². The molecule has 5 heteroatoms. The van der Waals surface area contributed by atoms with E-state index in [1.165, 1.54) is 0 Å². The van der Waals surface area contributed by atoms with E-state index < -0.39 is 0 Å². The second-order valence-electron chi connectivity index (χ2n) is 6.50. The summed E-state index contributed by atoms with van der Waals surface area (Å²) in [6, 6.07) is 10.0. The Hall–Kier alpha value is -2.16. The zero-order chi connectivity index (χ0) is 17.1. The van der Waals surface area contributed by atoms with E-state index in [4.69, 9.17) is 9.47 Å². The highest BCUT2D eigenvalue weighted by Crippen LogP contribution is 2.30. The number of rotatable bonds is 4. The average molecular weight is 325 g/mol. The molecule has 126 valence electrons. The number of fused-ring (bicyclic) bond motifs is 1. The van der Waals surface area contributed by atoms with Gasteiger partial charge in [-0.05, 0) is 45.0 Å². The SMILES string of the molecule is CC(C)OC[C@H]1CN(c2ccc(C#N)c3ncccc23)C[C@@H](C)O1. The van der Waals surface area contributed by atoms with Gasteiger partial charge in [0.25, 0.3) is 0 Å². The second kappa shape index (κ2) is 7.16. The van der Waals surface area contributed by atoms with Gasteiger partial charge in [-0.15, -0.1) is 0 Å². The lowest BCUT2D eigenvalue weighted by molar-refractivity contribution is -0.0716. The molecule has 0 aliphatic carbocycles. The molecule has 1 fully saturated rings. The molecule has 2 heterocycles. The maximum Gasteiger partial charge on any atom is 0.101 e. The van der Waals surface area contributed by atoms with E-state index in [-0.39, 0.29) is 18.3 Å². The number of aromatic nitrogens is 1. The number of nitriles is 1. The third-order valence-corrected chi connectivity index (χ3v) is 4.15. The third-order valence-electron chi connectivity index (χ3n) is 4.15. The van der Waals surface area contributed by atoms with Crippen molar-refractivity contribution in [1.29, 1.82) is 5.26 Å². The second-order valence-corrected chi connectivity index (χ2v) is 6.50. The van der Waals surface area contributed by atoms with Crippen molar-refractivity contribution in [2.75, 3.05) is 24.6 Å². The molecule has 2 aromatic rings. The topological polar surface area (TPSA) is 58.4 Å². The Morgan fingerprint density at radius 2 is 2.21 bits per heavy atom. The molecular weight excluding hydrogens is 302 g/mol. The number of hydrogen-bond acceptors (Lipinski definition) is 5. The molecule has 0 N–H and O–H groups in total. The number of morpholine rings is 1. The molecule has 0 spiro atoms. The molecule has 2 atom stereocenters. The van der Waals surface area contributed by atoms with Crippen molar-refractivity contribution in [1.82, 2.24) is 4.98 Å². The number of benzene rings is 1. The molecule has 5 nitrogen and oxygen atoms in total. The monoisotopic (exact) mass is 325 g/mol. The van der Waals surface area contributed by atoms with E-state index in [1.54, 1.807) is 6.20 Å². The van der Waals surface area contributed by atoms with Crippen molar-refractivity contribution in [2.45, 2.75) is 39.1 Å². The number of hydrogen-bond donors (Lipinski definition) is 0. The minimum atomic E-state index is 0.0403. The molecule has 0 saturated carbocycles. The van der Waals surface area contributed by atoms with Gasteiger partial charge in [0.1, 0.15) is 6.07 Å². The average Bonchev–Trinajstić information content (AvgIpc) is 2.58. The van der Waals surface area contributed by atoms with Crippen LogP contribution >= 0.6 is 0 Å². The fourth-order valence-electron chi connectivity index (χ4n) is 3.16. The van der Waals surface area contributed by atoms with Gasteiger partial charge in [-0.3, -0.25) is 4.98 Å². The van der Waals surface area contributed by atoms with Crippen LogP contribution < -0.4 is 4.90 Å². The van der Waals surface area contributed by atoms with Crippen molar-refractivity contribution in [3.05, 3.63) is 36.0 Å². The zero-order valence-corrected chi connectivity index (χ0v) is 14.4. The lowest BCUT2D eigenvalue weighted by Gasteiger charge is -2.38. The highest BCUT2D eigenvalue weighted by Gasteiger charge is 2.27. The van der Waals surface area contributed by atoms with Gasteiger partial charge in [0.2, 0.25) is 0 Å². The zero-order valence-electron chi connectivity index (χ0n) is 14.4. The minimum absolute atomic E-state index is 0.0403. The maximum atomic E-state index is 9.30. The Kier molecular flexibility index (Phi) is 4.98. The van der Waals surface area contributed by atoms with Gasteiger partial charge in [0, 0.05) is 30.4 Å². The highest BCUT2D eigenvalue weighted by molar-refractivity contribution is 5.95. The van der Waals surface area contributed by atoms with Gasteiger partial charge in [0.15, 0.2) is 0 Å². The molecule has 0 radical (unpaired) electrons. The summed E-state index contributed by atoms with van der Waals surface area (Å²) >= 11 is 0. The normalized spacial score (nSPS) is 21.2. The van der Waals surface area contributed by atoms with E-state index >= 15 is 0 Å². The van der Waals surface area contributed by atoms with Crippen molar-refractivity contribution >= 4 is 16.6 Å². The predicted molar refractivity (Wildman–Crippen MR) is 94.1 cm³/mol. The molecule has 0 amide bonds. The molecule has 0 unspecified atom stereocenters. The fourth-order valence-corrected chi connectivity index (χ4v) is 3.16. The van der Waals surface area contributed by atoms with Gasteiger partial charge in [-0.25, -0.2) is 0 Å². The summed E-state index contributed by atoms with van der Waals surface area (Å²) in [5.41, 5.74) is 2.46. The van der Waals surface area contributed by atoms with Crippen LogP contribution in [0.1, 0.15) is 26.3 Å². The van der Waals surface area contributed by atoms with Crippen molar-refractivity contribution in [3.63, 3.8) is 0 Å². The Labute approximate surface area is 142 Å². The molecule has 1 aliphatic heterocycles. The van der Waals surface area contributed by atoms with Crippen LogP contribution in [-0.2, 0) is 9.47 Å². The summed E-state index contributed by atoms with van der Waals surface area (Å²) in [6.07, 6.45) is 2.09.